The zero-order valence-corrected chi connectivity index (χ0v) is 21.8. The standard InChI is InChI=1S/C26H30Cl2O3P/c1-16-14-18(25(3,4)5)15-17(2)21(16)24(30)32(31)26(12-7-6-8-13-26)23(29)22-19(27)10-9-11-20(22)28/h9-11,14-15H,6-8,12-13H2,1-5H3/q+1. The van der Waals surface area contributed by atoms with E-state index in [0.29, 0.717) is 18.4 Å². The van der Waals surface area contributed by atoms with Crippen LogP contribution >= 0.6 is 31.0 Å². The van der Waals surface area contributed by atoms with Gasteiger partial charge in [0.05, 0.1) is 21.2 Å². The lowest BCUT2D eigenvalue weighted by atomic mass is 9.82. The Hall–Kier alpha value is -1.54. The fourth-order valence-electron chi connectivity index (χ4n) is 4.64. The number of hydrogen-bond donors (Lipinski definition) is 0. The van der Waals surface area contributed by atoms with Gasteiger partial charge in [-0.3, -0.25) is 4.79 Å². The van der Waals surface area contributed by atoms with Crippen LogP contribution in [0.4, 0.5) is 0 Å². The predicted molar refractivity (Wildman–Crippen MR) is 133 cm³/mol. The highest BCUT2D eigenvalue weighted by Crippen LogP contribution is 2.54. The summed E-state index contributed by atoms with van der Waals surface area (Å²) in [7, 11) is -2.53. The van der Waals surface area contributed by atoms with Crippen molar-refractivity contribution in [2.75, 3.05) is 0 Å². The van der Waals surface area contributed by atoms with Crippen LogP contribution in [0.15, 0.2) is 30.3 Å². The number of ketones is 1. The van der Waals surface area contributed by atoms with Gasteiger partial charge in [-0.1, -0.05) is 73.2 Å². The van der Waals surface area contributed by atoms with E-state index in [1.54, 1.807) is 18.2 Å². The topological polar surface area (TPSA) is 51.2 Å². The van der Waals surface area contributed by atoms with E-state index in [1.807, 2.05) is 26.0 Å². The molecule has 1 atom stereocenters. The van der Waals surface area contributed by atoms with Crippen LogP contribution in [0.1, 0.15) is 90.3 Å². The lowest BCUT2D eigenvalue weighted by Crippen LogP contribution is -2.39. The summed E-state index contributed by atoms with van der Waals surface area (Å²) in [6.07, 6.45) is 3.21. The van der Waals surface area contributed by atoms with Crippen LogP contribution in [0.25, 0.3) is 0 Å². The zero-order valence-electron chi connectivity index (χ0n) is 19.4. The van der Waals surface area contributed by atoms with Gasteiger partial charge in [-0.15, -0.1) is 0 Å². The summed E-state index contributed by atoms with van der Waals surface area (Å²) in [6.45, 7) is 10.1. The first kappa shape index (κ1) is 25.1. The van der Waals surface area contributed by atoms with Crippen LogP contribution in [0.5, 0.6) is 0 Å². The molecule has 1 aliphatic rings. The van der Waals surface area contributed by atoms with Gasteiger partial charge in [0.25, 0.3) is 0 Å². The van der Waals surface area contributed by atoms with E-state index in [0.717, 1.165) is 36.0 Å². The number of benzene rings is 2. The Morgan fingerprint density at radius 3 is 1.88 bits per heavy atom. The molecular formula is C26H30Cl2O3P+. The molecule has 2 aromatic carbocycles. The molecule has 0 N–H and O–H groups in total. The van der Waals surface area contributed by atoms with E-state index in [1.165, 1.54) is 0 Å². The SMILES string of the molecule is Cc1cc(C(C)(C)C)cc(C)c1C(=O)[P+](=O)C1(C(=O)c2c(Cl)cccc2Cl)CCCCC1. The molecule has 3 rings (SSSR count). The largest absolute Gasteiger partial charge is 0.434 e. The van der Waals surface area contributed by atoms with Crippen molar-refractivity contribution < 1.29 is 14.2 Å². The summed E-state index contributed by atoms with van der Waals surface area (Å²) in [5.74, 6) is -0.371. The molecule has 3 nitrogen and oxygen atoms in total. The van der Waals surface area contributed by atoms with Crippen LogP contribution < -0.4 is 0 Å². The summed E-state index contributed by atoms with van der Waals surface area (Å²) in [5.41, 5.74) is 2.81. The molecule has 0 saturated heterocycles. The van der Waals surface area contributed by atoms with Crippen molar-refractivity contribution in [3.8, 4) is 0 Å². The minimum atomic E-state index is -2.53. The molecule has 6 heteroatoms. The fraction of sp³-hybridized carbons (Fsp3) is 0.462. The first-order valence-corrected chi connectivity index (χ1v) is 13.0. The third-order valence-electron chi connectivity index (χ3n) is 6.48. The first-order chi connectivity index (χ1) is 14.9. The molecule has 32 heavy (non-hydrogen) atoms. The van der Waals surface area contributed by atoms with E-state index in [9.17, 15) is 14.2 Å². The van der Waals surface area contributed by atoms with Gasteiger partial charge >= 0.3 is 13.3 Å². The summed E-state index contributed by atoms with van der Waals surface area (Å²) in [4.78, 5) is 27.4. The second-order valence-corrected chi connectivity index (χ2v) is 12.5. The maximum absolute atomic E-state index is 13.9. The van der Waals surface area contributed by atoms with Crippen molar-refractivity contribution in [3.05, 3.63) is 68.2 Å². The zero-order chi connectivity index (χ0) is 23.8. The van der Waals surface area contributed by atoms with Crippen molar-refractivity contribution in [2.24, 2.45) is 0 Å². The number of carbonyl (C=O) groups excluding carboxylic acids is 2. The molecule has 1 aliphatic carbocycles. The molecule has 0 spiro atoms. The molecule has 0 aliphatic heterocycles. The Morgan fingerprint density at radius 1 is 0.906 bits per heavy atom. The number of hydrogen-bond acceptors (Lipinski definition) is 3. The van der Waals surface area contributed by atoms with Crippen LogP contribution in [-0.4, -0.2) is 16.5 Å². The van der Waals surface area contributed by atoms with Crippen molar-refractivity contribution in [2.45, 2.75) is 77.3 Å². The Balaban J connectivity index is 2.10. The van der Waals surface area contributed by atoms with Crippen molar-refractivity contribution >= 4 is 42.3 Å². The van der Waals surface area contributed by atoms with Gasteiger partial charge in [0.15, 0.2) is 0 Å². The summed E-state index contributed by atoms with van der Waals surface area (Å²) < 4.78 is 13.9. The molecule has 170 valence electrons. The monoisotopic (exact) mass is 491 g/mol. The Morgan fingerprint density at radius 2 is 1.41 bits per heavy atom. The Kier molecular flexibility index (Phi) is 7.35. The smallest absolute Gasteiger partial charge is 0.289 e. The summed E-state index contributed by atoms with van der Waals surface area (Å²) in [5, 5.41) is -0.823. The van der Waals surface area contributed by atoms with Crippen LogP contribution in [0, 0.1) is 13.8 Å². The van der Waals surface area contributed by atoms with E-state index >= 15 is 0 Å². The highest BCUT2D eigenvalue weighted by molar-refractivity contribution is 7.67. The van der Waals surface area contributed by atoms with Gasteiger partial charge in [-0.25, -0.2) is 4.79 Å². The maximum atomic E-state index is 13.9. The Labute approximate surface area is 201 Å². The molecule has 1 saturated carbocycles. The van der Waals surface area contributed by atoms with E-state index in [-0.39, 0.29) is 26.8 Å². The molecule has 0 bridgehead atoms. The van der Waals surface area contributed by atoms with Crippen molar-refractivity contribution in [1.29, 1.82) is 0 Å². The molecule has 0 heterocycles. The molecule has 0 aromatic heterocycles. The average Bonchev–Trinajstić information content (AvgIpc) is 2.72. The molecule has 1 unspecified atom stereocenters. The summed E-state index contributed by atoms with van der Waals surface area (Å²) >= 11 is 12.7. The second-order valence-electron chi connectivity index (χ2n) is 9.85. The lowest BCUT2D eigenvalue weighted by Gasteiger charge is -2.27. The predicted octanol–water partition coefficient (Wildman–Crippen LogP) is 8.46. The number of halogens is 2. The highest BCUT2D eigenvalue weighted by Gasteiger charge is 2.60. The van der Waals surface area contributed by atoms with Gasteiger partial charge in [-0.05, 0) is 60.9 Å². The fourth-order valence-corrected chi connectivity index (χ4v) is 7.17. The maximum Gasteiger partial charge on any atom is 0.434 e. The molecular weight excluding hydrogens is 462 g/mol. The minimum absolute atomic E-state index is 0.0688. The van der Waals surface area contributed by atoms with Gasteiger partial charge in [0.1, 0.15) is 0 Å². The molecule has 2 aromatic rings. The number of Topliss-reactive ketones (excluding diaryl/α,β-unsaturated/α-hetero) is 1. The third-order valence-corrected chi connectivity index (χ3v) is 9.13. The quantitative estimate of drug-likeness (QED) is 0.311. The van der Waals surface area contributed by atoms with Crippen molar-refractivity contribution in [1.82, 2.24) is 0 Å². The van der Waals surface area contributed by atoms with Crippen LogP contribution in [0.2, 0.25) is 10.0 Å². The van der Waals surface area contributed by atoms with Gasteiger partial charge in [-0.2, -0.15) is 0 Å². The van der Waals surface area contributed by atoms with E-state index in [2.05, 4.69) is 20.8 Å². The van der Waals surface area contributed by atoms with Gasteiger partial charge in [0.2, 0.25) is 10.9 Å². The Bertz CT molecular complexity index is 1050. The molecule has 0 radical (unpaired) electrons. The van der Waals surface area contributed by atoms with Crippen LogP contribution in [0.3, 0.4) is 0 Å². The van der Waals surface area contributed by atoms with Crippen molar-refractivity contribution in [3.63, 3.8) is 0 Å². The van der Waals surface area contributed by atoms with E-state index in [4.69, 9.17) is 23.2 Å². The second kappa shape index (κ2) is 9.37. The highest BCUT2D eigenvalue weighted by atomic mass is 35.5. The van der Waals surface area contributed by atoms with E-state index < -0.39 is 18.5 Å². The normalized spacial score (nSPS) is 16.5. The van der Waals surface area contributed by atoms with Gasteiger partial charge in [0, 0.05) is 12.8 Å². The first-order valence-electron chi connectivity index (χ1n) is 11.0. The van der Waals surface area contributed by atoms with Crippen LogP contribution in [-0.2, 0) is 9.98 Å². The third kappa shape index (κ3) is 4.58. The molecule has 0 amide bonds. The number of carbonyl (C=O) groups is 2. The number of aryl methyl sites for hydroxylation is 2. The minimum Gasteiger partial charge on any atom is -0.289 e. The average molecular weight is 492 g/mol. The molecule has 1 fully saturated rings. The summed E-state index contributed by atoms with van der Waals surface area (Å²) in [6, 6.07) is 8.86. The number of rotatable bonds is 5. The lowest BCUT2D eigenvalue weighted by molar-refractivity contribution is 0.0903. The van der Waals surface area contributed by atoms with Gasteiger partial charge < -0.3 is 0 Å².